The third-order valence-corrected chi connectivity index (χ3v) is 15.7. The molecule has 0 bridgehead atoms. The third-order valence-electron chi connectivity index (χ3n) is 15.7. The van der Waals surface area contributed by atoms with Crippen molar-refractivity contribution < 1.29 is 74.7 Å². The van der Waals surface area contributed by atoms with E-state index in [4.69, 9.17) is 23.7 Å². The third kappa shape index (κ3) is 7.70. The van der Waals surface area contributed by atoms with Crippen molar-refractivity contribution in [3.8, 4) is 0 Å². The van der Waals surface area contributed by atoms with Crippen LogP contribution < -0.4 is 0 Å². The van der Waals surface area contributed by atoms with Gasteiger partial charge in [-0.05, 0) is 78.9 Å². The van der Waals surface area contributed by atoms with E-state index in [0.717, 1.165) is 12.8 Å². The zero-order chi connectivity index (χ0) is 40.4. The topological polar surface area (TPSA) is 248 Å². The molecule has 22 atom stereocenters. The van der Waals surface area contributed by atoms with E-state index in [1.54, 1.807) is 0 Å². The van der Waals surface area contributed by atoms with Crippen molar-refractivity contribution in [1.29, 1.82) is 0 Å². The van der Waals surface area contributed by atoms with E-state index < -0.39 is 108 Å². The van der Waals surface area contributed by atoms with E-state index in [9.17, 15) is 51.1 Å². The van der Waals surface area contributed by atoms with E-state index in [1.165, 1.54) is 7.11 Å². The molecule has 0 aromatic heterocycles. The van der Waals surface area contributed by atoms with Crippen LogP contribution in [0.5, 0.6) is 0 Å². The lowest BCUT2D eigenvalue weighted by atomic mass is 9.41. The first-order valence-corrected chi connectivity index (χ1v) is 20.7. The average Bonchev–Trinajstić information content (AvgIpc) is 3.33. The smallest absolute Gasteiger partial charge is 0.186 e. The monoisotopic (exact) mass is 790 g/mol. The Morgan fingerprint density at radius 3 is 2.04 bits per heavy atom. The van der Waals surface area contributed by atoms with Crippen LogP contribution in [-0.2, 0) is 23.7 Å². The summed E-state index contributed by atoms with van der Waals surface area (Å²) in [7, 11) is 1.41. The number of methoxy groups -OCH3 is 1. The van der Waals surface area contributed by atoms with Crippen molar-refractivity contribution in [3.63, 3.8) is 0 Å². The van der Waals surface area contributed by atoms with Gasteiger partial charge in [0.05, 0.1) is 55.9 Å². The maximum atomic E-state index is 12.6. The number of aliphatic hydroxyl groups is 10. The summed E-state index contributed by atoms with van der Waals surface area (Å²) in [5.74, 6) is -1.29. The van der Waals surface area contributed by atoms with Crippen LogP contribution in [0.2, 0.25) is 0 Å². The van der Waals surface area contributed by atoms with Gasteiger partial charge in [0.15, 0.2) is 12.6 Å². The molecule has 0 aromatic carbocycles. The summed E-state index contributed by atoms with van der Waals surface area (Å²) in [4.78, 5) is 0. The Balaban J connectivity index is 1.05. The Bertz CT molecular complexity index is 1280. The molecule has 55 heavy (non-hydrogen) atoms. The molecule has 2 aliphatic heterocycles. The summed E-state index contributed by atoms with van der Waals surface area (Å²) >= 11 is 0. The van der Waals surface area contributed by atoms with Crippen LogP contribution >= 0.6 is 0 Å². The number of ether oxygens (including phenoxy) is 5. The van der Waals surface area contributed by atoms with Crippen LogP contribution in [0.4, 0.5) is 0 Å². The fourth-order valence-electron chi connectivity index (χ4n) is 12.8. The molecule has 4 aliphatic carbocycles. The second-order valence-corrected chi connectivity index (χ2v) is 19.0. The van der Waals surface area contributed by atoms with Gasteiger partial charge in [-0.2, -0.15) is 0 Å². The van der Waals surface area contributed by atoms with Crippen molar-refractivity contribution >= 4 is 0 Å². The first-order chi connectivity index (χ1) is 25.8. The summed E-state index contributed by atoms with van der Waals surface area (Å²) in [6.07, 6.45) is -10.2. The molecule has 10 N–H and O–H groups in total. The molecule has 0 radical (unpaired) electrons. The van der Waals surface area contributed by atoms with Gasteiger partial charge in [0.2, 0.25) is 0 Å². The molecule has 15 heteroatoms. The SMILES string of the molecule is CO[C@@H]1[C@@H](O)[C@H](OCC[C@@H](CC[C@@H](C)[C@H]2[C@@H](O)[C@@H](O)[C@@H]3[C@]2(C)CCC2[C@@]4(C)CC[C@H](O)[C@H](O)C4C(O)C[C@]23O)C(C)C)OC[C@H]1O[C@@H]1OC[C@H](O)[C@H](O)[C@H]1O. The minimum absolute atomic E-state index is 0.00407. The van der Waals surface area contributed by atoms with Gasteiger partial charge in [-0.15, -0.1) is 0 Å². The lowest BCUT2D eigenvalue weighted by molar-refractivity contribution is -0.331. The van der Waals surface area contributed by atoms with Crippen molar-refractivity contribution in [3.05, 3.63) is 0 Å². The minimum Gasteiger partial charge on any atom is -0.393 e. The molecule has 4 saturated carbocycles. The fraction of sp³-hybridized carbons (Fsp3) is 1.00. The van der Waals surface area contributed by atoms with Gasteiger partial charge in [-0.3, -0.25) is 0 Å². The molecule has 320 valence electrons. The van der Waals surface area contributed by atoms with Crippen LogP contribution in [0, 0.1) is 52.3 Å². The largest absolute Gasteiger partial charge is 0.393 e. The molecule has 6 aliphatic rings. The van der Waals surface area contributed by atoms with Crippen molar-refractivity contribution in [2.24, 2.45) is 52.3 Å². The van der Waals surface area contributed by atoms with E-state index in [1.807, 2.05) is 6.92 Å². The summed E-state index contributed by atoms with van der Waals surface area (Å²) in [6, 6.07) is 0. The Morgan fingerprint density at radius 2 is 1.36 bits per heavy atom. The molecule has 2 saturated heterocycles. The normalized spacial score (nSPS) is 52.6. The number of hydrogen-bond donors (Lipinski definition) is 10. The van der Waals surface area contributed by atoms with Crippen molar-refractivity contribution in [2.75, 3.05) is 26.9 Å². The summed E-state index contributed by atoms with van der Waals surface area (Å²) < 4.78 is 28.5. The molecular formula is C40H70O15. The predicted octanol–water partition coefficient (Wildman–Crippen LogP) is -0.344. The van der Waals surface area contributed by atoms with Crippen LogP contribution in [0.1, 0.15) is 86.0 Å². The van der Waals surface area contributed by atoms with Gasteiger partial charge in [-0.25, -0.2) is 0 Å². The van der Waals surface area contributed by atoms with Crippen LogP contribution in [0.3, 0.4) is 0 Å². The summed E-state index contributed by atoms with van der Waals surface area (Å²) in [5, 5.41) is 110. The second kappa shape index (κ2) is 16.8. The Morgan fingerprint density at radius 1 is 0.691 bits per heavy atom. The van der Waals surface area contributed by atoms with Gasteiger partial charge in [0, 0.05) is 25.4 Å². The number of fused-ring (bicyclic) bond motifs is 5. The van der Waals surface area contributed by atoms with Crippen LogP contribution in [-0.4, -0.2) is 163 Å². The standard InChI is InChI=1S/C40H70O15/c1-18(2)20(11-14-52-36-33(49)34(51-6)24(17-54-36)55-37-32(48)29(45)23(43)16-53-37)8-7-19(3)26-30(46)31(47)35-39(26,5)13-10-25-38(4)12-9-21(41)28(44)27(38)22(42)15-40(25,35)50/h18-37,41-50H,7-17H2,1-6H3/t19-,20-,21+,22?,23+,24-,25?,26+,27?,28+,29+,30-,31-,32-,33-,34+,35-,36-,37+,38-,39-,40+/m1/s1. The Hall–Kier alpha value is -0.600. The first-order valence-electron chi connectivity index (χ1n) is 20.7. The maximum Gasteiger partial charge on any atom is 0.186 e. The Kier molecular flexibility index (Phi) is 13.4. The molecule has 6 rings (SSSR count). The molecule has 0 spiro atoms. The van der Waals surface area contributed by atoms with Gasteiger partial charge < -0.3 is 74.7 Å². The minimum atomic E-state index is -1.50. The highest BCUT2D eigenvalue weighted by Gasteiger charge is 2.73. The van der Waals surface area contributed by atoms with E-state index in [0.29, 0.717) is 44.6 Å². The highest BCUT2D eigenvalue weighted by Crippen LogP contribution is 2.70. The van der Waals surface area contributed by atoms with Crippen molar-refractivity contribution in [2.45, 2.75) is 171 Å². The van der Waals surface area contributed by atoms with Crippen molar-refractivity contribution in [1.82, 2.24) is 0 Å². The summed E-state index contributed by atoms with van der Waals surface area (Å²) in [6.45, 7) is 10.5. The van der Waals surface area contributed by atoms with Gasteiger partial charge in [0.1, 0.15) is 36.6 Å². The number of aliphatic hydroxyl groups excluding tert-OH is 9. The Labute approximate surface area is 324 Å². The molecule has 3 unspecified atom stereocenters. The van der Waals surface area contributed by atoms with E-state index in [2.05, 4.69) is 27.7 Å². The van der Waals surface area contributed by atoms with Gasteiger partial charge in [0.25, 0.3) is 0 Å². The van der Waals surface area contributed by atoms with E-state index >= 15 is 0 Å². The molecule has 6 fully saturated rings. The van der Waals surface area contributed by atoms with Gasteiger partial charge in [-0.1, -0.05) is 41.0 Å². The first kappa shape index (κ1) is 44.0. The maximum absolute atomic E-state index is 12.6. The zero-order valence-electron chi connectivity index (χ0n) is 33.3. The lowest BCUT2D eigenvalue weighted by Crippen LogP contribution is -2.71. The highest BCUT2D eigenvalue weighted by molar-refractivity contribution is 5.22. The second-order valence-electron chi connectivity index (χ2n) is 19.0. The predicted molar refractivity (Wildman–Crippen MR) is 195 cm³/mol. The van der Waals surface area contributed by atoms with E-state index in [-0.39, 0.29) is 43.3 Å². The molecule has 0 amide bonds. The molecule has 15 nitrogen and oxygen atoms in total. The van der Waals surface area contributed by atoms with Gasteiger partial charge >= 0.3 is 0 Å². The fourth-order valence-corrected chi connectivity index (χ4v) is 12.8. The molecular weight excluding hydrogens is 720 g/mol. The quantitative estimate of drug-likeness (QED) is 0.122. The number of rotatable bonds is 12. The average molecular weight is 791 g/mol. The molecule has 2 heterocycles. The number of hydrogen-bond acceptors (Lipinski definition) is 15. The van der Waals surface area contributed by atoms with Crippen LogP contribution in [0.25, 0.3) is 0 Å². The van der Waals surface area contributed by atoms with Crippen LogP contribution in [0.15, 0.2) is 0 Å². The highest BCUT2D eigenvalue weighted by atomic mass is 16.7. The summed E-state index contributed by atoms with van der Waals surface area (Å²) in [5.41, 5.74) is -2.66. The molecule has 0 aromatic rings. The lowest BCUT2D eigenvalue weighted by Gasteiger charge is -2.66. The zero-order valence-corrected chi connectivity index (χ0v) is 33.3.